The van der Waals surface area contributed by atoms with Crippen molar-refractivity contribution in [1.82, 2.24) is 0 Å². The fourth-order valence-electron chi connectivity index (χ4n) is 1.90. The number of esters is 1. The minimum absolute atomic E-state index is 0.0988. The third kappa shape index (κ3) is 4.35. The zero-order chi connectivity index (χ0) is 15.2. The molecule has 0 spiro atoms. The van der Waals surface area contributed by atoms with Gasteiger partial charge in [-0.25, -0.2) is 4.79 Å². The van der Waals surface area contributed by atoms with Gasteiger partial charge in [0.2, 0.25) is 0 Å². The van der Waals surface area contributed by atoms with E-state index in [1.165, 1.54) is 11.1 Å². The molecule has 0 radical (unpaired) electrons. The van der Waals surface area contributed by atoms with Gasteiger partial charge >= 0.3 is 5.97 Å². The number of carbonyl (C=O) groups excluding carboxylic acids is 1. The molecule has 3 heteroatoms. The summed E-state index contributed by atoms with van der Waals surface area (Å²) in [5, 5.41) is 0. The molecule has 21 heavy (non-hydrogen) atoms. The summed E-state index contributed by atoms with van der Waals surface area (Å²) in [5.41, 5.74) is 3.50. The van der Waals surface area contributed by atoms with E-state index in [0.717, 1.165) is 12.0 Å². The molecule has 0 aliphatic rings. The van der Waals surface area contributed by atoms with Crippen LogP contribution in [0, 0.1) is 13.8 Å². The van der Waals surface area contributed by atoms with Crippen molar-refractivity contribution in [1.29, 1.82) is 0 Å². The summed E-state index contributed by atoms with van der Waals surface area (Å²) in [7, 11) is 0. The van der Waals surface area contributed by atoms with Gasteiger partial charge in [0.1, 0.15) is 11.5 Å². The Bertz CT molecular complexity index is 615. The first-order chi connectivity index (χ1) is 10.1. The predicted molar refractivity (Wildman–Crippen MR) is 82.9 cm³/mol. The highest BCUT2D eigenvalue weighted by Gasteiger charge is 2.07. The third-order valence-electron chi connectivity index (χ3n) is 3.40. The summed E-state index contributed by atoms with van der Waals surface area (Å²) < 4.78 is 10.7. The van der Waals surface area contributed by atoms with Gasteiger partial charge in [0.05, 0.1) is 0 Å². The Morgan fingerprint density at radius 3 is 2.24 bits per heavy atom. The van der Waals surface area contributed by atoms with Crippen molar-refractivity contribution in [3.63, 3.8) is 0 Å². The molecule has 0 N–H and O–H groups in total. The highest BCUT2D eigenvalue weighted by atomic mass is 16.6. The second kappa shape index (κ2) is 6.93. The molecule has 0 aromatic heterocycles. The minimum atomic E-state index is -0.405. The van der Waals surface area contributed by atoms with Crippen molar-refractivity contribution < 1.29 is 14.3 Å². The number of aryl methyl sites for hydroxylation is 3. The third-order valence-corrected chi connectivity index (χ3v) is 3.40. The van der Waals surface area contributed by atoms with Gasteiger partial charge in [0, 0.05) is 0 Å². The van der Waals surface area contributed by atoms with Gasteiger partial charge in [-0.15, -0.1) is 0 Å². The Morgan fingerprint density at radius 1 is 0.952 bits per heavy atom. The lowest BCUT2D eigenvalue weighted by Gasteiger charge is -2.08. The van der Waals surface area contributed by atoms with E-state index in [4.69, 9.17) is 9.47 Å². The van der Waals surface area contributed by atoms with E-state index in [9.17, 15) is 4.79 Å². The summed E-state index contributed by atoms with van der Waals surface area (Å²) in [6.45, 7) is 6.00. The van der Waals surface area contributed by atoms with Crippen molar-refractivity contribution in [3.8, 4) is 11.5 Å². The fourth-order valence-corrected chi connectivity index (χ4v) is 1.90. The first-order valence-corrected chi connectivity index (χ1v) is 7.08. The summed E-state index contributed by atoms with van der Waals surface area (Å²) in [4.78, 5) is 11.8. The van der Waals surface area contributed by atoms with Crippen LogP contribution >= 0.6 is 0 Å². The molecule has 0 fully saturated rings. The van der Waals surface area contributed by atoms with E-state index in [-0.39, 0.29) is 6.61 Å². The quantitative estimate of drug-likeness (QED) is 0.618. The van der Waals surface area contributed by atoms with Gasteiger partial charge in [-0.3, -0.25) is 0 Å². The number of rotatable bonds is 5. The lowest BCUT2D eigenvalue weighted by molar-refractivity contribution is -0.136. The van der Waals surface area contributed by atoms with Gasteiger partial charge in [-0.2, -0.15) is 0 Å². The SMILES string of the molecule is CCc1ccc(OCC(=O)Oc2ccc(C)c(C)c2)cc1. The lowest BCUT2D eigenvalue weighted by Crippen LogP contribution is -2.17. The van der Waals surface area contributed by atoms with Crippen molar-refractivity contribution in [2.75, 3.05) is 6.61 Å². The van der Waals surface area contributed by atoms with Crippen LogP contribution in [-0.2, 0) is 11.2 Å². The molecule has 0 bridgehead atoms. The molecule has 0 saturated carbocycles. The predicted octanol–water partition coefficient (Wildman–Crippen LogP) is 3.85. The molecule has 110 valence electrons. The Hall–Kier alpha value is -2.29. The topological polar surface area (TPSA) is 35.5 Å². The van der Waals surface area contributed by atoms with Gasteiger partial charge in [-0.05, 0) is 61.2 Å². The minimum Gasteiger partial charge on any atom is -0.482 e. The van der Waals surface area contributed by atoms with E-state index >= 15 is 0 Å². The monoisotopic (exact) mass is 284 g/mol. The van der Waals surface area contributed by atoms with E-state index < -0.39 is 5.97 Å². The maximum absolute atomic E-state index is 11.8. The number of carbonyl (C=O) groups is 1. The van der Waals surface area contributed by atoms with E-state index in [2.05, 4.69) is 6.92 Å². The van der Waals surface area contributed by atoms with Crippen LogP contribution < -0.4 is 9.47 Å². The Morgan fingerprint density at radius 2 is 1.62 bits per heavy atom. The van der Waals surface area contributed by atoms with E-state index in [1.807, 2.05) is 50.2 Å². The lowest BCUT2D eigenvalue weighted by atomic mass is 10.1. The Kier molecular flexibility index (Phi) is 4.99. The number of hydrogen-bond donors (Lipinski definition) is 0. The van der Waals surface area contributed by atoms with Gasteiger partial charge in [0.25, 0.3) is 0 Å². The highest BCUT2D eigenvalue weighted by molar-refractivity contribution is 5.74. The van der Waals surface area contributed by atoms with Crippen LogP contribution in [0.1, 0.15) is 23.6 Å². The van der Waals surface area contributed by atoms with Crippen molar-refractivity contribution in [2.45, 2.75) is 27.2 Å². The van der Waals surface area contributed by atoms with Gasteiger partial charge < -0.3 is 9.47 Å². The molecule has 2 rings (SSSR count). The van der Waals surface area contributed by atoms with Crippen LogP contribution in [0.5, 0.6) is 11.5 Å². The van der Waals surface area contributed by atoms with Crippen LogP contribution in [0.4, 0.5) is 0 Å². The molecule has 0 aliphatic heterocycles. The number of ether oxygens (including phenoxy) is 2. The zero-order valence-corrected chi connectivity index (χ0v) is 12.7. The summed E-state index contributed by atoms with van der Waals surface area (Å²) in [6, 6.07) is 13.3. The Balaban J connectivity index is 1.87. The Labute approximate surface area is 125 Å². The smallest absolute Gasteiger partial charge is 0.349 e. The average molecular weight is 284 g/mol. The summed E-state index contributed by atoms with van der Waals surface area (Å²) in [6.07, 6.45) is 0.981. The molecule has 3 nitrogen and oxygen atoms in total. The van der Waals surface area contributed by atoms with Gasteiger partial charge in [-0.1, -0.05) is 25.1 Å². The molecule has 0 atom stereocenters. The number of hydrogen-bond acceptors (Lipinski definition) is 3. The van der Waals surface area contributed by atoms with E-state index in [0.29, 0.717) is 11.5 Å². The average Bonchev–Trinajstić information content (AvgIpc) is 2.49. The first kappa shape index (κ1) is 15.1. The molecular formula is C18H20O3. The molecule has 2 aromatic carbocycles. The number of benzene rings is 2. The first-order valence-electron chi connectivity index (χ1n) is 7.08. The van der Waals surface area contributed by atoms with Crippen LogP contribution in [0.2, 0.25) is 0 Å². The largest absolute Gasteiger partial charge is 0.482 e. The van der Waals surface area contributed by atoms with Crippen LogP contribution in [-0.4, -0.2) is 12.6 Å². The molecule has 2 aromatic rings. The van der Waals surface area contributed by atoms with Gasteiger partial charge in [0.15, 0.2) is 6.61 Å². The second-order valence-corrected chi connectivity index (χ2v) is 5.01. The zero-order valence-electron chi connectivity index (χ0n) is 12.7. The fraction of sp³-hybridized carbons (Fsp3) is 0.278. The highest BCUT2D eigenvalue weighted by Crippen LogP contribution is 2.17. The molecule has 0 saturated heterocycles. The maximum atomic E-state index is 11.8. The second-order valence-electron chi connectivity index (χ2n) is 5.01. The van der Waals surface area contributed by atoms with Crippen LogP contribution in [0.15, 0.2) is 42.5 Å². The van der Waals surface area contributed by atoms with E-state index in [1.54, 1.807) is 6.07 Å². The maximum Gasteiger partial charge on any atom is 0.349 e. The van der Waals surface area contributed by atoms with Crippen LogP contribution in [0.25, 0.3) is 0 Å². The molecular weight excluding hydrogens is 264 g/mol. The molecule has 0 amide bonds. The van der Waals surface area contributed by atoms with Crippen LogP contribution in [0.3, 0.4) is 0 Å². The molecule has 0 aliphatic carbocycles. The molecule has 0 heterocycles. The van der Waals surface area contributed by atoms with Crippen molar-refractivity contribution in [3.05, 3.63) is 59.2 Å². The summed E-state index contributed by atoms with van der Waals surface area (Å²) in [5.74, 6) is 0.815. The standard InChI is InChI=1S/C18H20O3/c1-4-15-6-9-16(10-7-15)20-12-18(19)21-17-8-5-13(2)14(3)11-17/h5-11H,4,12H2,1-3H3. The molecule has 0 unspecified atom stereocenters. The normalized spacial score (nSPS) is 10.2. The summed E-state index contributed by atoms with van der Waals surface area (Å²) >= 11 is 0. The van der Waals surface area contributed by atoms with Crippen molar-refractivity contribution >= 4 is 5.97 Å². The van der Waals surface area contributed by atoms with Crippen molar-refractivity contribution in [2.24, 2.45) is 0 Å².